The van der Waals surface area contributed by atoms with E-state index in [1.165, 1.54) is 12.8 Å². The lowest BCUT2D eigenvalue weighted by atomic mass is 9.85. The monoisotopic (exact) mass is 338 g/mol. The Labute approximate surface area is 134 Å². The minimum atomic E-state index is -2.97. The van der Waals surface area contributed by atoms with E-state index in [0.717, 1.165) is 13.1 Å². The van der Waals surface area contributed by atoms with Crippen LogP contribution in [0.5, 0.6) is 0 Å². The van der Waals surface area contributed by atoms with Gasteiger partial charge in [-0.05, 0) is 51.1 Å². The molecule has 0 spiro atoms. The van der Waals surface area contributed by atoms with Crippen LogP contribution in [0.4, 0.5) is 0 Å². The van der Waals surface area contributed by atoms with Gasteiger partial charge in [-0.1, -0.05) is 6.92 Å². The van der Waals surface area contributed by atoms with Gasteiger partial charge < -0.3 is 10.6 Å². The minimum Gasteiger partial charge on any atom is -0.350 e. The molecule has 2 rings (SSSR count). The van der Waals surface area contributed by atoms with Gasteiger partial charge in [0.05, 0.1) is 17.0 Å². The van der Waals surface area contributed by atoms with E-state index in [-0.39, 0.29) is 29.8 Å². The lowest BCUT2D eigenvalue weighted by Crippen LogP contribution is -2.47. The molecule has 0 radical (unpaired) electrons. The van der Waals surface area contributed by atoms with Gasteiger partial charge in [0.2, 0.25) is 5.91 Å². The second kappa shape index (κ2) is 7.29. The summed E-state index contributed by atoms with van der Waals surface area (Å²) in [5.41, 5.74) is -0.569. The normalized spacial score (nSPS) is 33.0. The topological polar surface area (TPSA) is 75.3 Å². The molecular weight excluding hydrogens is 312 g/mol. The number of rotatable bonds is 4. The number of halogens is 1. The molecule has 5 nitrogen and oxygen atoms in total. The van der Waals surface area contributed by atoms with Crippen molar-refractivity contribution in [3.8, 4) is 0 Å². The molecule has 2 heterocycles. The Morgan fingerprint density at radius 3 is 2.71 bits per heavy atom. The van der Waals surface area contributed by atoms with E-state index < -0.39 is 15.4 Å². The zero-order valence-electron chi connectivity index (χ0n) is 12.9. The average molecular weight is 339 g/mol. The van der Waals surface area contributed by atoms with E-state index in [1.807, 2.05) is 6.92 Å². The third kappa shape index (κ3) is 5.42. The summed E-state index contributed by atoms with van der Waals surface area (Å²) < 4.78 is 23.1. The van der Waals surface area contributed by atoms with Crippen molar-refractivity contribution in [3.05, 3.63) is 0 Å². The van der Waals surface area contributed by atoms with Gasteiger partial charge in [0.25, 0.3) is 0 Å². The summed E-state index contributed by atoms with van der Waals surface area (Å²) in [5.74, 6) is 1.14. The van der Waals surface area contributed by atoms with Crippen molar-refractivity contribution in [2.75, 3.05) is 24.6 Å². The first-order valence-electron chi connectivity index (χ1n) is 7.52. The van der Waals surface area contributed by atoms with E-state index >= 15 is 0 Å². The summed E-state index contributed by atoms with van der Waals surface area (Å²) in [4.78, 5) is 12.1. The van der Waals surface area contributed by atoms with Gasteiger partial charge >= 0.3 is 0 Å². The highest BCUT2D eigenvalue weighted by molar-refractivity contribution is 7.91. The summed E-state index contributed by atoms with van der Waals surface area (Å²) in [6.07, 6.45) is 3.36. The van der Waals surface area contributed by atoms with Crippen molar-refractivity contribution in [2.45, 2.75) is 45.1 Å². The maximum Gasteiger partial charge on any atom is 0.220 e. The molecule has 0 aliphatic carbocycles. The van der Waals surface area contributed by atoms with Crippen LogP contribution in [-0.4, -0.2) is 44.5 Å². The molecule has 2 fully saturated rings. The molecule has 124 valence electrons. The quantitative estimate of drug-likeness (QED) is 0.805. The van der Waals surface area contributed by atoms with E-state index in [9.17, 15) is 13.2 Å². The predicted molar refractivity (Wildman–Crippen MR) is 86.4 cm³/mol. The molecule has 7 heteroatoms. The van der Waals surface area contributed by atoms with E-state index in [2.05, 4.69) is 17.6 Å². The van der Waals surface area contributed by atoms with Crippen LogP contribution in [0, 0.1) is 11.8 Å². The Bertz CT molecular complexity index is 463. The fourth-order valence-electron chi connectivity index (χ4n) is 3.32. The zero-order valence-corrected chi connectivity index (χ0v) is 14.5. The summed E-state index contributed by atoms with van der Waals surface area (Å²) in [5, 5.41) is 6.31. The van der Waals surface area contributed by atoms with Gasteiger partial charge in [0.15, 0.2) is 9.84 Å². The maximum absolute atomic E-state index is 12.1. The van der Waals surface area contributed by atoms with Crippen LogP contribution in [0.15, 0.2) is 0 Å². The molecule has 1 amide bonds. The predicted octanol–water partition coefficient (Wildman–Crippen LogP) is 1.13. The molecule has 3 unspecified atom stereocenters. The molecule has 0 aromatic rings. The Kier molecular flexibility index (Phi) is 6.50. The van der Waals surface area contributed by atoms with Crippen LogP contribution in [0.1, 0.15) is 39.5 Å². The number of carbonyl (C=O) groups is 1. The Balaban J connectivity index is 0.00000220. The molecule has 2 N–H and O–H groups in total. The van der Waals surface area contributed by atoms with Crippen molar-refractivity contribution in [1.82, 2.24) is 10.6 Å². The standard InChI is InChI=1S/C14H26N2O3S.ClH/c1-11(12-4-3-6-15-9-12)8-13(17)16-14(2)5-7-20(18,19)10-14;/h11-12,15H,3-10H2,1-2H3,(H,16,17);1H. The third-order valence-electron chi connectivity index (χ3n) is 4.59. The molecular formula is C14H27ClN2O3S. The fourth-order valence-corrected chi connectivity index (χ4v) is 5.41. The van der Waals surface area contributed by atoms with Gasteiger partial charge in [-0.3, -0.25) is 4.79 Å². The highest BCUT2D eigenvalue weighted by Gasteiger charge is 2.39. The third-order valence-corrected chi connectivity index (χ3v) is 6.49. The SMILES string of the molecule is CC(CC(=O)NC1(C)CCS(=O)(=O)C1)C1CCCNC1.Cl. The first kappa shape index (κ1) is 18.7. The zero-order chi connectivity index (χ0) is 14.8. The number of hydrogen-bond donors (Lipinski definition) is 2. The maximum atomic E-state index is 12.1. The summed E-state index contributed by atoms with van der Waals surface area (Å²) >= 11 is 0. The molecule has 3 atom stereocenters. The highest BCUT2D eigenvalue weighted by atomic mass is 35.5. The van der Waals surface area contributed by atoms with E-state index in [1.54, 1.807) is 0 Å². The van der Waals surface area contributed by atoms with Crippen LogP contribution in [0.3, 0.4) is 0 Å². The lowest BCUT2D eigenvalue weighted by Gasteiger charge is -2.30. The number of amides is 1. The van der Waals surface area contributed by atoms with Crippen LogP contribution < -0.4 is 10.6 Å². The van der Waals surface area contributed by atoms with Crippen LogP contribution >= 0.6 is 12.4 Å². The van der Waals surface area contributed by atoms with Crippen molar-refractivity contribution in [2.24, 2.45) is 11.8 Å². The minimum absolute atomic E-state index is 0. The first-order chi connectivity index (χ1) is 9.30. The van der Waals surface area contributed by atoms with Gasteiger partial charge in [-0.25, -0.2) is 8.42 Å². The largest absolute Gasteiger partial charge is 0.350 e. The molecule has 2 saturated heterocycles. The van der Waals surface area contributed by atoms with Crippen molar-refractivity contribution >= 4 is 28.2 Å². The number of piperidine rings is 1. The van der Waals surface area contributed by atoms with Crippen LogP contribution in [0.2, 0.25) is 0 Å². The fraction of sp³-hybridized carbons (Fsp3) is 0.929. The number of nitrogens with one attached hydrogen (secondary N) is 2. The average Bonchev–Trinajstić information content (AvgIpc) is 2.64. The molecule has 0 bridgehead atoms. The second-order valence-corrected chi connectivity index (χ2v) is 8.92. The van der Waals surface area contributed by atoms with Gasteiger partial charge in [-0.15, -0.1) is 12.4 Å². The number of hydrogen-bond acceptors (Lipinski definition) is 4. The molecule has 0 saturated carbocycles. The molecule has 0 aromatic heterocycles. The van der Waals surface area contributed by atoms with Crippen molar-refractivity contribution in [3.63, 3.8) is 0 Å². The lowest BCUT2D eigenvalue weighted by molar-refractivity contribution is -0.123. The Morgan fingerprint density at radius 2 is 2.19 bits per heavy atom. The van der Waals surface area contributed by atoms with Gasteiger partial charge in [-0.2, -0.15) is 0 Å². The molecule has 0 aromatic carbocycles. The molecule has 2 aliphatic heterocycles. The molecule has 21 heavy (non-hydrogen) atoms. The number of carbonyl (C=O) groups excluding carboxylic acids is 1. The van der Waals surface area contributed by atoms with E-state index in [0.29, 0.717) is 24.7 Å². The smallest absolute Gasteiger partial charge is 0.220 e. The van der Waals surface area contributed by atoms with Crippen LogP contribution in [-0.2, 0) is 14.6 Å². The summed E-state index contributed by atoms with van der Waals surface area (Å²) in [7, 11) is -2.97. The molecule has 2 aliphatic rings. The second-order valence-electron chi connectivity index (χ2n) is 6.74. The van der Waals surface area contributed by atoms with Crippen molar-refractivity contribution < 1.29 is 13.2 Å². The van der Waals surface area contributed by atoms with E-state index in [4.69, 9.17) is 0 Å². The Hall–Kier alpha value is -0.330. The first-order valence-corrected chi connectivity index (χ1v) is 9.34. The van der Waals surface area contributed by atoms with Gasteiger partial charge in [0, 0.05) is 6.42 Å². The Morgan fingerprint density at radius 1 is 1.48 bits per heavy atom. The van der Waals surface area contributed by atoms with Crippen LogP contribution in [0.25, 0.3) is 0 Å². The van der Waals surface area contributed by atoms with Crippen molar-refractivity contribution in [1.29, 1.82) is 0 Å². The highest BCUT2D eigenvalue weighted by Crippen LogP contribution is 2.25. The van der Waals surface area contributed by atoms with Gasteiger partial charge in [0.1, 0.15) is 0 Å². The summed E-state index contributed by atoms with van der Waals surface area (Å²) in [6.45, 7) is 6.01. The summed E-state index contributed by atoms with van der Waals surface area (Å²) in [6, 6.07) is 0. The number of sulfone groups is 1.